The maximum absolute atomic E-state index is 12.0. The molecule has 26 heavy (non-hydrogen) atoms. The van der Waals surface area contributed by atoms with Crippen molar-refractivity contribution in [3.63, 3.8) is 0 Å². The minimum absolute atomic E-state index is 0.119. The summed E-state index contributed by atoms with van der Waals surface area (Å²) in [6.45, 7) is 1.47. The third-order valence-corrected chi connectivity index (χ3v) is 4.48. The Balaban J connectivity index is 1.54. The van der Waals surface area contributed by atoms with Crippen molar-refractivity contribution < 1.29 is 14.3 Å². The monoisotopic (exact) mass is 367 g/mol. The predicted octanol–water partition coefficient (Wildman–Crippen LogP) is 4.53. The van der Waals surface area contributed by atoms with Crippen molar-refractivity contribution in [3.8, 4) is 0 Å². The highest BCUT2D eigenvalue weighted by Gasteiger charge is 2.11. The molecule has 0 radical (unpaired) electrons. The average Bonchev–Trinajstić information content (AvgIpc) is 2.64. The van der Waals surface area contributed by atoms with Gasteiger partial charge in [-0.2, -0.15) is 0 Å². The van der Waals surface area contributed by atoms with Crippen LogP contribution in [0.3, 0.4) is 0 Å². The molecule has 132 valence electrons. The third kappa shape index (κ3) is 4.41. The zero-order valence-corrected chi connectivity index (χ0v) is 15.0. The topological polar surface area (TPSA) is 55.4 Å². The molecule has 0 heterocycles. The lowest BCUT2D eigenvalue weighted by Crippen LogP contribution is -2.22. The lowest BCUT2D eigenvalue weighted by Gasteiger charge is -2.10. The van der Waals surface area contributed by atoms with Gasteiger partial charge in [0.2, 0.25) is 0 Å². The minimum Gasteiger partial charge on any atom is -0.455 e. The van der Waals surface area contributed by atoms with Crippen LogP contribution < -0.4 is 5.32 Å². The summed E-state index contributed by atoms with van der Waals surface area (Å²) in [5.41, 5.74) is 2.22. The van der Waals surface area contributed by atoms with Crippen LogP contribution in [0.25, 0.3) is 10.8 Å². The van der Waals surface area contributed by atoms with Gasteiger partial charge in [0.05, 0.1) is 6.42 Å². The van der Waals surface area contributed by atoms with Gasteiger partial charge < -0.3 is 10.1 Å². The molecular formula is C21H18ClNO3. The van der Waals surface area contributed by atoms with Crippen LogP contribution in [0.2, 0.25) is 5.02 Å². The predicted molar refractivity (Wildman–Crippen MR) is 103 cm³/mol. The molecular weight excluding hydrogens is 350 g/mol. The summed E-state index contributed by atoms with van der Waals surface area (Å²) in [6.07, 6.45) is 0.119. The van der Waals surface area contributed by atoms with Gasteiger partial charge in [0.25, 0.3) is 5.91 Å². The normalized spacial score (nSPS) is 10.5. The molecule has 3 aromatic carbocycles. The van der Waals surface area contributed by atoms with Gasteiger partial charge >= 0.3 is 5.97 Å². The fourth-order valence-corrected chi connectivity index (χ4v) is 2.82. The van der Waals surface area contributed by atoms with Crippen LogP contribution in [0.5, 0.6) is 0 Å². The Morgan fingerprint density at radius 3 is 2.58 bits per heavy atom. The van der Waals surface area contributed by atoms with Crippen LogP contribution >= 0.6 is 11.6 Å². The first kappa shape index (κ1) is 18.0. The molecule has 0 bridgehead atoms. The van der Waals surface area contributed by atoms with Gasteiger partial charge in [0.15, 0.2) is 6.61 Å². The van der Waals surface area contributed by atoms with E-state index < -0.39 is 11.9 Å². The highest BCUT2D eigenvalue weighted by molar-refractivity contribution is 6.31. The first-order valence-electron chi connectivity index (χ1n) is 8.21. The van der Waals surface area contributed by atoms with Crippen LogP contribution in [0, 0.1) is 6.92 Å². The Hall–Kier alpha value is -2.85. The number of anilines is 1. The standard InChI is InChI=1S/C21H18ClNO3/c1-14-18(22)7-4-8-19(14)23-20(24)13-26-21(25)12-15-9-10-16-5-2-3-6-17(16)11-15/h2-11H,12-13H2,1H3,(H,23,24). The summed E-state index contributed by atoms with van der Waals surface area (Å²) >= 11 is 6.02. The van der Waals surface area contributed by atoms with Crippen LogP contribution in [0.15, 0.2) is 60.7 Å². The Labute approximate surface area is 156 Å². The molecule has 0 aliphatic carbocycles. The number of ether oxygens (including phenoxy) is 1. The number of rotatable bonds is 5. The lowest BCUT2D eigenvalue weighted by atomic mass is 10.1. The summed E-state index contributed by atoms with van der Waals surface area (Å²) in [5.74, 6) is -0.847. The number of amides is 1. The molecule has 1 N–H and O–H groups in total. The second-order valence-corrected chi connectivity index (χ2v) is 6.39. The smallest absolute Gasteiger partial charge is 0.310 e. The Kier molecular flexibility index (Phi) is 5.54. The number of fused-ring (bicyclic) bond motifs is 1. The maximum atomic E-state index is 12.0. The van der Waals surface area contributed by atoms with Crippen molar-refractivity contribution in [3.05, 3.63) is 76.8 Å². The van der Waals surface area contributed by atoms with Gasteiger partial charge in [0, 0.05) is 10.7 Å². The molecule has 1 amide bonds. The van der Waals surface area contributed by atoms with Crippen LogP contribution in [0.1, 0.15) is 11.1 Å². The molecule has 0 atom stereocenters. The van der Waals surface area contributed by atoms with Gasteiger partial charge in [-0.1, -0.05) is 60.1 Å². The number of halogens is 1. The van der Waals surface area contributed by atoms with E-state index in [1.54, 1.807) is 18.2 Å². The van der Waals surface area contributed by atoms with E-state index in [1.165, 1.54) is 0 Å². The molecule has 0 unspecified atom stereocenters. The van der Waals surface area contributed by atoms with Crippen molar-refractivity contribution in [1.82, 2.24) is 0 Å². The second-order valence-electron chi connectivity index (χ2n) is 5.98. The first-order valence-corrected chi connectivity index (χ1v) is 8.59. The fourth-order valence-electron chi connectivity index (χ4n) is 2.64. The van der Waals surface area contributed by atoms with Crippen molar-refractivity contribution in [2.75, 3.05) is 11.9 Å². The Morgan fingerprint density at radius 2 is 1.77 bits per heavy atom. The molecule has 0 fully saturated rings. The number of hydrogen-bond acceptors (Lipinski definition) is 3. The van der Waals surface area contributed by atoms with E-state index in [4.69, 9.17) is 16.3 Å². The van der Waals surface area contributed by atoms with E-state index in [2.05, 4.69) is 5.32 Å². The number of benzene rings is 3. The van der Waals surface area contributed by atoms with Crippen molar-refractivity contribution in [2.24, 2.45) is 0 Å². The zero-order valence-electron chi connectivity index (χ0n) is 14.3. The van der Waals surface area contributed by atoms with E-state index in [-0.39, 0.29) is 13.0 Å². The summed E-state index contributed by atoms with van der Waals surface area (Å²) in [5, 5.41) is 5.43. The van der Waals surface area contributed by atoms with E-state index in [0.717, 1.165) is 21.9 Å². The van der Waals surface area contributed by atoms with E-state index in [1.807, 2.05) is 49.4 Å². The number of carbonyl (C=O) groups is 2. The fraction of sp³-hybridized carbons (Fsp3) is 0.143. The highest BCUT2D eigenvalue weighted by Crippen LogP contribution is 2.22. The molecule has 0 aromatic heterocycles. The molecule has 5 heteroatoms. The van der Waals surface area contributed by atoms with Crippen molar-refractivity contribution in [2.45, 2.75) is 13.3 Å². The van der Waals surface area contributed by atoms with Crippen LogP contribution in [-0.4, -0.2) is 18.5 Å². The summed E-state index contributed by atoms with van der Waals surface area (Å²) in [4.78, 5) is 24.0. The maximum Gasteiger partial charge on any atom is 0.310 e. The molecule has 3 aromatic rings. The average molecular weight is 368 g/mol. The summed E-state index contributed by atoms with van der Waals surface area (Å²) in [6, 6.07) is 19.0. The molecule has 4 nitrogen and oxygen atoms in total. The van der Waals surface area contributed by atoms with Gasteiger partial charge in [-0.15, -0.1) is 0 Å². The Morgan fingerprint density at radius 1 is 1.00 bits per heavy atom. The number of carbonyl (C=O) groups excluding carboxylic acids is 2. The minimum atomic E-state index is -0.446. The van der Waals surface area contributed by atoms with Crippen molar-refractivity contribution in [1.29, 1.82) is 0 Å². The summed E-state index contributed by atoms with van der Waals surface area (Å²) < 4.78 is 5.08. The SMILES string of the molecule is Cc1c(Cl)cccc1NC(=O)COC(=O)Cc1ccc2ccccc2c1. The van der Waals surface area contributed by atoms with E-state index in [9.17, 15) is 9.59 Å². The van der Waals surface area contributed by atoms with E-state index >= 15 is 0 Å². The van der Waals surface area contributed by atoms with Crippen LogP contribution in [-0.2, 0) is 20.7 Å². The van der Waals surface area contributed by atoms with Gasteiger partial charge in [-0.05, 0) is 41.0 Å². The molecule has 0 aliphatic heterocycles. The zero-order chi connectivity index (χ0) is 18.5. The largest absolute Gasteiger partial charge is 0.455 e. The summed E-state index contributed by atoms with van der Waals surface area (Å²) in [7, 11) is 0. The Bertz CT molecular complexity index is 968. The van der Waals surface area contributed by atoms with Crippen LogP contribution in [0.4, 0.5) is 5.69 Å². The van der Waals surface area contributed by atoms with Gasteiger partial charge in [-0.3, -0.25) is 9.59 Å². The molecule has 0 saturated carbocycles. The number of esters is 1. The quantitative estimate of drug-likeness (QED) is 0.674. The highest BCUT2D eigenvalue weighted by atomic mass is 35.5. The van der Waals surface area contributed by atoms with E-state index in [0.29, 0.717) is 10.7 Å². The second kappa shape index (κ2) is 8.02. The van der Waals surface area contributed by atoms with Gasteiger partial charge in [0.1, 0.15) is 0 Å². The third-order valence-electron chi connectivity index (χ3n) is 4.07. The molecule has 0 aliphatic rings. The number of nitrogens with one attached hydrogen (secondary N) is 1. The van der Waals surface area contributed by atoms with Gasteiger partial charge in [-0.25, -0.2) is 0 Å². The first-order chi connectivity index (χ1) is 12.5. The van der Waals surface area contributed by atoms with Crippen molar-refractivity contribution >= 4 is 39.9 Å². The molecule has 3 rings (SSSR count). The molecule has 0 spiro atoms. The number of hydrogen-bond donors (Lipinski definition) is 1. The molecule has 0 saturated heterocycles. The lowest BCUT2D eigenvalue weighted by molar-refractivity contribution is -0.146.